The standard InChI is InChI=1S/C22H36N4O4.HI/c1-23-22(24-8-4-10-30-19-6-11-29-12-7-19)25-17-5-9-26(16-17)18-13-20(27-2)15-21(14-18)28-3;/h13-15,17,19H,4-12,16H2,1-3H3,(H2,23,24,25);1H. The summed E-state index contributed by atoms with van der Waals surface area (Å²) >= 11 is 0. The second-order valence-electron chi connectivity index (χ2n) is 7.68. The molecule has 2 aliphatic rings. The molecule has 1 aromatic rings. The second kappa shape index (κ2) is 13.8. The van der Waals surface area contributed by atoms with Crippen molar-refractivity contribution in [1.82, 2.24) is 10.6 Å². The molecule has 31 heavy (non-hydrogen) atoms. The zero-order chi connectivity index (χ0) is 21.2. The van der Waals surface area contributed by atoms with E-state index in [1.165, 1.54) is 0 Å². The molecule has 1 unspecified atom stereocenters. The molecular weight excluding hydrogens is 511 g/mol. The van der Waals surface area contributed by atoms with Crippen LogP contribution in [0.15, 0.2) is 23.2 Å². The molecule has 0 bridgehead atoms. The minimum absolute atomic E-state index is 0. The highest BCUT2D eigenvalue weighted by atomic mass is 127. The number of nitrogens with one attached hydrogen (secondary N) is 2. The Bertz CT molecular complexity index is 663. The van der Waals surface area contributed by atoms with Crippen LogP contribution in [-0.4, -0.2) is 78.8 Å². The van der Waals surface area contributed by atoms with Crippen LogP contribution in [0.2, 0.25) is 0 Å². The SMILES string of the molecule is CN=C(NCCCOC1CCOCC1)NC1CCN(c2cc(OC)cc(OC)c2)C1.I. The molecule has 0 amide bonds. The molecular formula is C22H37IN4O4. The van der Waals surface area contributed by atoms with Gasteiger partial charge in [-0.3, -0.25) is 4.99 Å². The zero-order valence-electron chi connectivity index (χ0n) is 18.9. The fraction of sp³-hybridized carbons (Fsp3) is 0.682. The fourth-order valence-electron chi connectivity index (χ4n) is 3.85. The third-order valence-electron chi connectivity index (χ3n) is 5.59. The predicted molar refractivity (Wildman–Crippen MR) is 134 cm³/mol. The number of hydrogen-bond donors (Lipinski definition) is 2. The first-order valence-corrected chi connectivity index (χ1v) is 10.9. The van der Waals surface area contributed by atoms with Gasteiger partial charge in [-0.15, -0.1) is 24.0 Å². The highest BCUT2D eigenvalue weighted by Gasteiger charge is 2.24. The van der Waals surface area contributed by atoms with Gasteiger partial charge in [0, 0.05) is 76.4 Å². The molecule has 2 heterocycles. The molecule has 1 atom stereocenters. The van der Waals surface area contributed by atoms with E-state index < -0.39 is 0 Å². The van der Waals surface area contributed by atoms with Gasteiger partial charge in [0.2, 0.25) is 0 Å². The number of halogens is 1. The van der Waals surface area contributed by atoms with Gasteiger partial charge in [-0.2, -0.15) is 0 Å². The van der Waals surface area contributed by atoms with Crippen LogP contribution in [0.4, 0.5) is 5.69 Å². The van der Waals surface area contributed by atoms with E-state index in [1.54, 1.807) is 14.2 Å². The largest absolute Gasteiger partial charge is 0.497 e. The lowest BCUT2D eigenvalue weighted by Gasteiger charge is -2.23. The van der Waals surface area contributed by atoms with E-state index in [0.29, 0.717) is 12.1 Å². The Balaban J connectivity index is 0.00000341. The second-order valence-corrected chi connectivity index (χ2v) is 7.68. The normalized spacial score (nSPS) is 19.6. The summed E-state index contributed by atoms with van der Waals surface area (Å²) in [6.07, 6.45) is 4.38. The van der Waals surface area contributed by atoms with Gasteiger partial charge in [-0.1, -0.05) is 0 Å². The topological polar surface area (TPSA) is 76.6 Å². The number of hydrogen-bond acceptors (Lipinski definition) is 6. The summed E-state index contributed by atoms with van der Waals surface area (Å²) in [6.45, 7) is 5.13. The number of nitrogens with zero attached hydrogens (tertiary/aromatic N) is 2. The maximum atomic E-state index is 5.93. The molecule has 8 nitrogen and oxygen atoms in total. The van der Waals surface area contributed by atoms with Crippen molar-refractivity contribution in [3.05, 3.63) is 18.2 Å². The Hall–Kier alpha value is -1.46. The Morgan fingerprint density at radius 3 is 2.48 bits per heavy atom. The van der Waals surface area contributed by atoms with E-state index in [4.69, 9.17) is 18.9 Å². The minimum Gasteiger partial charge on any atom is -0.497 e. The molecule has 2 fully saturated rings. The Morgan fingerprint density at radius 1 is 1.13 bits per heavy atom. The number of methoxy groups -OCH3 is 2. The predicted octanol–water partition coefficient (Wildman–Crippen LogP) is 2.65. The summed E-state index contributed by atoms with van der Waals surface area (Å²) in [6, 6.07) is 6.34. The third kappa shape index (κ3) is 8.19. The molecule has 0 saturated carbocycles. The lowest BCUT2D eigenvalue weighted by Crippen LogP contribution is -2.45. The molecule has 9 heteroatoms. The van der Waals surface area contributed by atoms with E-state index in [1.807, 2.05) is 13.1 Å². The van der Waals surface area contributed by atoms with Crippen LogP contribution in [0.1, 0.15) is 25.7 Å². The molecule has 0 aromatic heterocycles. The number of rotatable bonds is 9. The fourth-order valence-corrected chi connectivity index (χ4v) is 3.85. The summed E-state index contributed by atoms with van der Waals surface area (Å²) in [4.78, 5) is 6.72. The van der Waals surface area contributed by atoms with Crippen molar-refractivity contribution < 1.29 is 18.9 Å². The van der Waals surface area contributed by atoms with Gasteiger partial charge in [-0.05, 0) is 25.7 Å². The maximum absolute atomic E-state index is 5.93. The molecule has 2 saturated heterocycles. The summed E-state index contributed by atoms with van der Waals surface area (Å²) in [7, 11) is 5.17. The van der Waals surface area contributed by atoms with Gasteiger partial charge in [0.25, 0.3) is 0 Å². The number of anilines is 1. The highest BCUT2D eigenvalue weighted by molar-refractivity contribution is 14.0. The van der Waals surface area contributed by atoms with Gasteiger partial charge >= 0.3 is 0 Å². The van der Waals surface area contributed by atoms with Crippen molar-refractivity contribution in [3.63, 3.8) is 0 Å². The molecule has 0 spiro atoms. The third-order valence-corrected chi connectivity index (χ3v) is 5.59. The molecule has 2 aliphatic heterocycles. The van der Waals surface area contributed by atoms with Crippen LogP contribution in [0.25, 0.3) is 0 Å². The number of guanidine groups is 1. The van der Waals surface area contributed by atoms with Crippen molar-refractivity contribution in [2.75, 3.05) is 65.6 Å². The Kier molecular flexibility index (Phi) is 11.5. The summed E-state index contributed by atoms with van der Waals surface area (Å²) in [5.74, 6) is 2.46. The Labute approximate surface area is 203 Å². The zero-order valence-corrected chi connectivity index (χ0v) is 21.2. The number of benzene rings is 1. The van der Waals surface area contributed by atoms with Crippen molar-refractivity contribution >= 4 is 35.6 Å². The molecule has 0 radical (unpaired) electrons. The first kappa shape index (κ1) is 25.8. The van der Waals surface area contributed by atoms with Gasteiger partial charge in [0.15, 0.2) is 5.96 Å². The quantitative estimate of drug-likeness (QED) is 0.213. The van der Waals surface area contributed by atoms with Crippen LogP contribution in [-0.2, 0) is 9.47 Å². The summed E-state index contributed by atoms with van der Waals surface area (Å²) in [5, 5.41) is 6.94. The molecule has 0 aliphatic carbocycles. The van der Waals surface area contributed by atoms with Crippen molar-refractivity contribution in [1.29, 1.82) is 0 Å². The first-order chi connectivity index (χ1) is 14.7. The van der Waals surface area contributed by atoms with Crippen molar-refractivity contribution in [3.8, 4) is 11.5 Å². The molecule has 176 valence electrons. The van der Waals surface area contributed by atoms with Gasteiger partial charge in [-0.25, -0.2) is 0 Å². The van der Waals surface area contributed by atoms with Crippen molar-refractivity contribution in [2.45, 2.75) is 37.8 Å². The molecule has 2 N–H and O–H groups in total. The van der Waals surface area contributed by atoms with E-state index in [-0.39, 0.29) is 24.0 Å². The molecule has 1 aromatic carbocycles. The van der Waals surface area contributed by atoms with Gasteiger partial charge in [0.1, 0.15) is 11.5 Å². The highest BCUT2D eigenvalue weighted by Crippen LogP contribution is 2.30. The van der Waals surface area contributed by atoms with Crippen LogP contribution < -0.4 is 25.0 Å². The van der Waals surface area contributed by atoms with Crippen LogP contribution >= 0.6 is 24.0 Å². The van der Waals surface area contributed by atoms with Crippen molar-refractivity contribution in [2.24, 2.45) is 4.99 Å². The summed E-state index contributed by atoms with van der Waals surface area (Å²) in [5.41, 5.74) is 1.11. The summed E-state index contributed by atoms with van der Waals surface area (Å²) < 4.78 is 22.1. The van der Waals surface area contributed by atoms with E-state index in [2.05, 4.69) is 32.7 Å². The molecule has 3 rings (SSSR count). The average Bonchev–Trinajstić information content (AvgIpc) is 3.27. The lowest BCUT2D eigenvalue weighted by molar-refractivity contribution is -0.0320. The average molecular weight is 548 g/mol. The number of ether oxygens (including phenoxy) is 4. The van der Waals surface area contributed by atoms with Crippen LogP contribution in [0.5, 0.6) is 11.5 Å². The Morgan fingerprint density at radius 2 is 1.84 bits per heavy atom. The van der Waals surface area contributed by atoms with Crippen LogP contribution in [0, 0.1) is 0 Å². The van der Waals surface area contributed by atoms with Crippen LogP contribution in [0.3, 0.4) is 0 Å². The van der Waals surface area contributed by atoms with E-state index in [0.717, 1.165) is 88.3 Å². The lowest BCUT2D eigenvalue weighted by atomic mass is 10.1. The number of aliphatic imine (C=N–C) groups is 1. The monoisotopic (exact) mass is 548 g/mol. The minimum atomic E-state index is 0. The first-order valence-electron chi connectivity index (χ1n) is 10.9. The van der Waals surface area contributed by atoms with Gasteiger partial charge < -0.3 is 34.5 Å². The van der Waals surface area contributed by atoms with E-state index in [9.17, 15) is 0 Å². The van der Waals surface area contributed by atoms with E-state index >= 15 is 0 Å². The smallest absolute Gasteiger partial charge is 0.191 e. The van der Waals surface area contributed by atoms with Gasteiger partial charge in [0.05, 0.1) is 20.3 Å². The maximum Gasteiger partial charge on any atom is 0.191 e.